The van der Waals surface area contributed by atoms with Gasteiger partial charge in [-0.1, -0.05) is 12.5 Å². The van der Waals surface area contributed by atoms with Gasteiger partial charge in [0.1, 0.15) is 11.8 Å². The molecule has 1 aliphatic carbocycles. The summed E-state index contributed by atoms with van der Waals surface area (Å²) in [6.07, 6.45) is 9.96. The van der Waals surface area contributed by atoms with Gasteiger partial charge in [-0.25, -0.2) is 0 Å². The highest BCUT2D eigenvalue weighted by Gasteiger charge is 2.18. The van der Waals surface area contributed by atoms with Crippen LogP contribution in [0.3, 0.4) is 0 Å². The van der Waals surface area contributed by atoms with Gasteiger partial charge < -0.3 is 4.74 Å². The second-order valence-corrected chi connectivity index (χ2v) is 6.75. The molecule has 1 fully saturated rings. The number of pyridine rings is 1. The molecule has 0 amide bonds. The molecule has 1 N–H and O–H groups in total. The van der Waals surface area contributed by atoms with E-state index in [-0.39, 0.29) is 0 Å². The number of nitrogens with zero attached hydrogens (tertiary/aromatic N) is 3. The number of benzene rings is 1. The third-order valence-electron chi connectivity index (χ3n) is 4.89. The number of aromatic amines is 1. The van der Waals surface area contributed by atoms with Crippen molar-refractivity contribution in [2.24, 2.45) is 5.92 Å². The molecule has 130 valence electrons. The van der Waals surface area contributed by atoms with Gasteiger partial charge in [-0.15, -0.1) is 0 Å². The Morgan fingerprint density at radius 1 is 1.19 bits per heavy atom. The molecule has 2 heterocycles. The molecular formula is C21H20N4O. The van der Waals surface area contributed by atoms with Gasteiger partial charge in [0.2, 0.25) is 0 Å². The first-order valence-corrected chi connectivity index (χ1v) is 8.92. The average molecular weight is 344 g/mol. The van der Waals surface area contributed by atoms with Crippen molar-refractivity contribution in [3.05, 3.63) is 65.7 Å². The van der Waals surface area contributed by atoms with Crippen molar-refractivity contribution >= 4 is 0 Å². The van der Waals surface area contributed by atoms with Crippen LogP contribution in [0.2, 0.25) is 0 Å². The molecule has 26 heavy (non-hydrogen) atoms. The lowest BCUT2D eigenvalue weighted by Crippen LogP contribution is -2.19. The van der Waals surface area contributed by atoms with Crippen molar-refractivity contribution in [1.82, 2.24) is 15.2 Å². The number of H-pyrrole nitrogens is 1. The van der Waals surface area contributed by atoms with Crippen LogP contribution in [-0.2, 0) is 6.42 Å². The summed E-state index contributed by atoms with van der Waals surface area (Å²) >= 11 is 0. The smallest absolute Gasteiger partial charge is 0.137 e. The van der Waals surface area contributed by atoms with Gasteiger partial charge in [0.15, 0.2) is 0 Å². The van der Waals surface area contributed by atoms with Crippen LogP contribution in [0.1, 0.15) is 36.1 Å². The van der Waals surface area contributed by atoms with Crippen LogP contribution in [-0.4, -0.2) is 21.8 Å². The highest BCUT2D eigenvalue weighted by atomic mass is 16.5. The van der Waals surface area contributed by atoms with Gasteiger partial charge >= 0.3 is 0 Å². The summed E-state index contributed by atoms with van der Waals surface area (Å²) in [7, 11) is 0. The van der Waals surface area contributed by atoms with Crippen molar-refractivity contribution in [3.8, 4) is 22.9 Å². The Morgan fingerprint density at radius 3 is 2.81 bits per heavy atom. The number of rotatable bonds is 6. The Bertz CT molecular complexity index is 923. The molecule has 1 aliphatic rings. The molecule has 0 atom stereocenters. The first-order chi connectivity index (χ1) is 12.8. The summed E-state index contributed by atoms with van der Waals surface area (Å²) in [5.41, 5.74) is 4.67. The number of ether oxygens (including phenoxy) is 1. The van der Waals surface area contributed by atoms with Crippen molar-refractivity contribution in [3.63, 3.8) is 0 Å². The lowest BCUT2D eigenvalue weighted by atomic mass is 9.86. The van der Waals surface area contributed by atoms with Gasteiger partial charge in [-0.3, -0.25) is 10.1 Å². The minimum atomic E-state index is 0.579. The van der Waals surface area contributed by atoms with E-state index in [1.54, 1.807) is 12.4 Å². The van der Waals surface area contributed by atoms with Gasteiger partial charge in [-0.2, -0.15) is 10.4 Å². The predicted molar refractivity (Wildman–Crippen MR) is 98.6 cm³/mol. The summed E-state index contributed by atoms with van der Waals surface area (Å²) in [6.45, 7) is 0.706. The molecule has 0 saturated heterocycles. The Morgan fingerprint density at radius 2 is 2.08 bits per heavy atom. The fourth-order valence-electron chi connectivity index (χ4n) is 3.13. The van der Waals surface area contributed by atoms with Crippen LogP contribution in [0.15, 0.2) is 48.9 Å². The van der Waals surface area contributed by atoms with Gasteiger partial charge in [0, 0.05) is 24.5 Å². The largest absolute Gasteiger partial charge is 0.492 e. The van der Waals surface area contributed by atoms with E-state index in [0.717, 1.165) is 28.8 Å². The van der Waals surface area contributed by atoms with Crippen LogP contribution < -0.4 is 4.74 Å². The zero-order valence-corrected chi connectivity index (χ0v) is 14.5. The third kappa shape index (κ3) is 3.60. The summed E-state index contributed by atoms with van der Waals surface area (Å²) in [5.74, 6) is 1.32. The lowest BCUT2D eigenvalue weighted by molar-refractivity contribution is 0.180. The highest BCUT2D eigenvalue weighted by molar-refractivity contribution is 5.67. The Balaban J connectivity index is 1.54. The van der Waals surface area contributed by atoms with Crippen LogP contribution in [0.5, 0.6) is 5.75 Å². The lowest BCUT2D eigenvalue weighted by Gasteiger charge is -2.25. The maximum absolute atomic E-state index is 9.50. The first-order valence-electron chi connectivity index (χ1n) is 8.92. The zero-order chi connectivity index (χ0) is 17.8. The third-order valence-corrected chi connectivity index (χ3v) is 4.89. The van der Waals surface area contributed by atoms with E-state index in [1.807, 2.05) is 30.5 Å². The van der Waals surface area contributed by atoms with E-state index >= 15 is 0 Å². The Hall–Kier alpha value is -3.13. The van der Waals surface area contributed by atoms with Crippen LogP contribution in [0, 0.1) is 17.2 Å². The Labute approximate surface area is 152 Å². The SMILES string of the molecule is N#Cc1cc(-c2ccnc(Cc3cn[nH]c3)c2)ccc1OCC1CCC1. The molecule has 0 radical (unpaired) electrons. The van der Waals surface area contributed by atoms with E-state index in [4.69, 9.17) is 4.74 Å². The van der Waals surface area contributed by atoms with Crippen LogP contribution >= 0.6 is 0 Å². The standard InChI is InChI=1S/C21H20N4O/c22-11-19-9-17(4-5-21(19)26-14-15-2-1-3-15)18-6-7-23-20(10-18)8-16-12-24-25-13-16/h4-7,9-10,12-13,15H,1-3,8,14H2,(H,24,25). The van der Waals surface area contributed by atoms with Crippen molar-refractivity contribution in [1.29, 1.82) is 5.26 Å². The maximum atomic E-state index is 9.50. The second-order valence-electron chi connectivity index (χ2n) is 6.75. The number of nitrogens with one attached hydrogen (secondary N) is 1. The molecule has 0 spiro atoms. The van der Waals surface area contributed by atoms with E-state index in [1.165, 1.54) is 19.3 Å². The molecule has 0 aliphatic heterocycles. The fourth-order valence-corrected chi connectivity index (χ4v) is 3.13. The number of nitriles is 1. The number of hydrogen-bond acceptors (Lipinski definition) is 4. The quantitative estimate of drug-likeness (QED) is 0.730. The molecule has 5 nitrogen and oxygen atoms in total. The second kappa shape index (κ2) is 7.40. The van der Waals surface area contributed by atoms with Crippen LogP contribution in [0.25, 0.3) is 11.1 Å². The minimum absolute atomic E-state index is 0.579. The van der Waals surface area contributed by atoms with Crippen LogP contribution in [0.4, 0.5) is 0 Å². The number of aromatic nitrogens is 3. The summed E-state index contributed by atoms with van der Waals surface area (Å²) in [6, 6.07) is 12.1. The molecule has 2 aromatic heterocycles. The van der Waals surface area contributed by atoms with E-state index < -0.39 is 0 Å². The molecule has 0 unspecified atom stereocenters. The van der Waals surface area contributed by atoms with Gasteiger partial charge in [-0.05, 0) is 59.7 Å². The van der Waals surface area contributed by atoms with Crippen molar-refractivity contribution in [2.45, 2.75) is 25.7 Å². The van der Waals surface area contributed by atoms with Gasteiger partial charge in [0.25, 0.3) is 0 Å². The molecule has 4 rings (SSSR count). The molecular weight excluding hydrogens is 324 g/mol. The number of hydrogen-bond donors (Lipinski definition) is 1. The maximum Gasteiger partial charge on any atom is 0.137 e. The summed E-state index contributed by atoms with van der Waals surface area (Å²) in [5, 5.41) is 16.3. The van der Waals surface area contributed by atoms with Crippen molar-refractivity contribution in [2.75, 3.05) is 6.61 Å². The normalized spacial score (nSPS) is 13.8. The Kier molecular flexibility index (Phi) is 4.65. The molecule has 0 bridgehead atoms. The summed E-state index contributed by atoms with van der Waals surface area (Å²) in [4.78, 5) is 4.43. The molecule has 1 saturated carbocycles. The fraction of sp³-hybridized carbons (Fsp3) is 0.286. The minimum Gasteiger partial charge on any atom is -0.492 e. The molecule has 5 heteroatoms. The molecule has 3 aromatic rings. The summed E-state index contributed by atoms with van der Waals surface area (Å²) < 4.78 is 5.87. The van der Waals surface area contributed by atoms with Crippen molar-refractivity contribution < 1.29 is 4.74 Å². The predicted octanol–water partition coefficient (Wildman–Crippen LogP) is 4.11. The molecule has 1 aromatic carbocycles. The monoisotopic (exact) mass is 344 g/mol. The average Bonchev–Trinajstić information content (AvgIpc) is 3.14. The topological polar surface area (TPSA) is 74.6 Å². The first kappa shape index (κ1) is 16.3. The zero-order valence-electron chi connectivity index (χ0n) is 14.5. The van der Waals surface area contributed by atoms with E-state index in [0.29, 0.717) is 23.8 Å². The highest BCUT2D eigenvalue weighted by Crippen LogP contribution is 2.30. The van der Waals surface area contributed by atoms with E-state index in [2.05, 4.69) is 27.3 Å². The van der Waals surface area contributed by atoms with E-state index in [9.17, 15) is 5.26 Å². The van der Waals surface area contributed by atoms with Gasteiger partial charge in [0.05, 0.1) is 18.4 Å².